The summed E-state index contributed by atoms with van der Waals surface area (Å²) in [6, 6.07) is 20.3. The first-order valence-corrected chi connectivity index (χ1v) is 12.4. The average Bonchev–Trinajstić information content (AvgIpc) is 2.78. The molecule has 5 heteroatoms. The Labute approximate surface area is 188 Å². The molecule has 0 aliphatic rings. The molecule has 31 heavy (non-hydrogen) atoms. The summed E-state index contributed by atoms with van der Waals surface area (Å²) in [5.41, 5.74) is 3.25. The first-order chi connectivity index (χ1) is 14.9. The van der Waals surface area contributed by atoms with Crippen LogP contribution in [0, 0.1) is 5.92 Å². The van der Waals surface area contributed by atoms with Gasteiger partial charge in [-0.05, 0) is 35.5 Å². The fourth-order valence-corrected chi connectivity index (χ4v) is 5.38. The van der Waals surface area contributed by atoms with Gasteiger partial charge in [0.15, 0.2) is 0 Å². The van der Waals surface area contributed by atoms with Crippen molar-refractivity contribution in [2.75, 3.05) is 20.8 Å². The predicted octanol–water partition coefficient (Wildman–Crippen LogP) is 7.01. The molecule has 0 saturated heterocycles. The lowest BCUT2D eigenvalue weighted by Gasteiger charge is -2.36. The molecule has 0 radical (unpaired) electrons. The molecule has 2 aromatic carbocycles. The lowest BCUT2D eigenvalue weighted by molar-refractivity contribution is 0.207. The second-order valence-corrected chi connectivity index (χ2v) is 10.3. The molecule has 0 spiro atoms. The van der Waals surface area contributed by atoms with Crippen LogP contribution in [0.25, 0.3) is 6.08 Å². The Balaban J connectivity index is 2.58. The van der Waals surface area contributed by atoms with Gasteiger partial charge in [-0.25, -0.2) is 0 Å². The van der Waals surface area contributed by atoms with Crippen LogP contribution in [-0.4, -0.2) is 31.4 Å². The Morgan fingerprint density at radius 1 is 1.03 bits per heavy atom. The van der Waals surface area contributed by atoms with Crippen LogP contribution in [-0.2, 0) is 20.2 Å². The standard InChI is InChI=1S/C26H36NO3P/c1-6-19-27(21-24-15-11-8-12-16-24)26(31(28,29-4)30-5)25(18-17-22(2)3)20-23-13-9-7-10-14-23/h6-16,20,22,26H,1,17-19,21H2,2-5H3/b25-20+. The topological polar surface area (TPSA) is 38.8 Å². The smallest absolute Gasteiger partial charge is 0.311 e. The Kier molecular flexibility index (Phi) is 10.4. The van der Waals surface area contributed by atoms with Gasteiger partial charge in [0.2, 0.25) is 0 Å². The molecule has 0 heterocycles. The summed E-state index contributed by atoms with van der Waals surface area (Å²) in [6.07, 6.45) is 5.76. The second kappa shape index (κ2) is 12.8. The van der Waals surface area contributed by atoms with E-state index in [9.17, 15) is 4.57 Å². The Hall–Kier alpha value is -1.97. The van der Waals surface area contributed by atoms with Crippen LogP contribution in [0.2, 0.25) is 0 Å². The minimum atomic E-state index is -3.46. The fourth-order valence-electron chi connectivity index (χ4n) is 3.64. The third-order valence-corrected chi connectivity index (χ3v) is 7.52. The summed E-state index contributed by atoms with van der Waals surface area (Å²) in [7, 11) is -0.524. The van der Waals surface area contributed by atoms with Crippen LogP contribution in [0.3, 0.4) is 0 Å². The molecule has 0 fully saturated rings. The zero-order valence-electron chi connectivity index (χ0n) is 19.2. The molecule has 0 amide bonds. The van der Waals surface area contributed by atoms with Gasteiger partial charge in [-0.3, -0.25) is 9.46 Å². The number of rotatable bonds is 13. The number of nitrogens with zero attached hydrogens (tertiary/aromatic N) is 1. The van der Waals surface area contributed by atoms with Gasteiger partial charge < -0.3 is 9.05 Å². The third-order valence-electron chi connectivity index (χ3n) is 5.24. The highest BCUT2D eigenvalue weighted by Gasteiger charge is 2.40. The normalized spacial score (nSPS) is 13.5. The van der Waals surface area contributed by atoms with E-state index in [1.165, 1.54) is 14.2 Å². The Morgan fingerprint density at radius 3 is 2.13 bits per heavy atom. The summed E-state index contributed by atoms with van der Waals surface area (Å²) in [4.78, 5) is 2.14. The summed E-state index contributed by atoms with van der Waals surface area (Å²) in [5, 5.41) is 0. The van der Waals surface area contributed by atoms with Gasteiger partial charge in [0.25, 0.3) is 0 Å². The molecule has 0 bridgehead atoms. The van der Waals surface area contributed by atoms with Gasteiger partial charge in [0.05, 0.1) is 0 Å². The summed E-state index contributed by atoms with van der Waals surface area (Å²) in [6.45, 7) is 9.52. The van der Waals surface area contributed by atoms with Crippen molar-refractivity contribution in [2.45, 2.75) is 39.0 Å². The quantitative estimate of drug-likeness (QED) is 0.248. The number of benzene rings is 2. The van der Waals surface area contributed by atoms with E-state index in [0.29, 0.717) is 19.0 Å². The monoisotopic (exact) mass is 441 g/mol. The van der Waals surface area contributed by atoms with Crippen molar-refractivity contribution in [3.63, 3.8) is 0 Å². The molecular formula is C26H36NO3P. The van der Waals surface area contributed by atoms with Crippen LogP contribution >= 0.6 is 7.60 Å². The Bertz CT molecular complexity index is 857. The maximum Gasteiger partial charge on any atom is 0.351 e. The lowest BCUT2D eigenvalue weighted by Crippen LogP contribution is -2.37. The third kappa shape index (κ3) is 7.59. The van der Waals surface area contributed by atoms with E-state index in [1.807, 2.05) is 42.5 Å². The number of hydrogen-bond donors (Lipinski definition) is 0. The zero-order valence-corrected chi connectivity index (χ0v) is 20.1. The van der Waals surface area contributed by atoms with Gasteiger partial charge in [-0.2, -0.15) is 0 Å². The molecule has 168 valence electrons. The fraction of sp³-hybridized carbons (Fsp3) is 0.385. The maximum absolute atomic E-state index is 13.9. The van der Waals surface area contributed by atoms with E-state index in [2.05, 4.69) is 55.7 Å². The molecule has 0 aliphatic carbocycles. The number of hydrogen-bond acceptors (Lipinski definition) is 4. The van der Waals surface area contributed by atoms with E-state index in [4.69, 9.17) is 9.05 Å². The minimum absolute atomic E-state index is 0.514. The molecule has 4 nitrogen and oxygen atoms in total. The van der Waals surface area contributed by atoms with Gasteiger partial charge in [-0.15, -0.1) is 6.58 Å². The van der Waals surface area contributed by atoms with Gasteiger partial charge in [-0.1, -0.05) is 86.7 Å². The summed E-state index contributed by atoms with van der Waals surface area (Å²) in [5.74, 6) is 0.00550. The van der Waals surface area contributed by atoms with Crippen molar-refractivity contribution < 1.29 is 13.6 Å². The lowest BCUT2D eigenvalue weighted by atomic mass is 9.99. The first kappa shape index (κ1) is 25.3. The van der Waals surface area contributed by atoms with Crippen LogP contribution in [0.1, 0.15) is 37.8 Å². The largest absolute Gasteiger partial charge is 0.351 e. The van der Waals surface area contributed by atoms with Crippen LogP contribution < -0.4 is 0 Å². The Morgan fingerprint density at radius 2 is 1.61 bits per heavy atom. The summed E-state index contributed by atoms with van der Waals surface area (Å²) < 4.78 is 25.0. The minimum Gasteiger partial charge on any atom is -0.311 e. The predicted molar refractivity (Wildman–Crippen MR) is 131 cm³/mol. The molecule has 2 rings (SSSR count). The maximum atomic E-state index is 13.9. The molecule has 0 saturated carbocycles. The van der Waals surface area contributed by atoms with Crippen LogP contribution in [0.5, 0.6) is 0 Å². The van der Waals surface area contributed by atoms with Gasteiger partial charge in [0, 0.05) is 27.3 Å². The van der Waals surface area contributed by atoms with E-state index in [1.54, 1.807) is 0 Å². The van der Waals surface area contributed by atoms with E-state index in [0.717, 1.165) is 29.5 Å². The van der Waals surface area contributed by atoms with E-state index >= 15 is 0 Å². The van der Waals surface area contributed by atoms with E-state index in [-0.39, 0.29) is 0 Å². The highest BCUT2D eigenvalue weighted by Crippen LogP contribution is 2.56. The molecule has 1 unspecified atom stereocenters. The molecule has 0 N–H and O–H groups in total. The zero-order chi connectivity index (χ0) is 22.7. The highest BCUT2D eigenvalue weighted by atomic mass is 31.2. The first-order valence-electron chi connectivity index (χ1n) is 10.8. The van der Waals surface area contributed by atoms with Crippen LogP contribution in [0.15, 0.2) is 78.9 Å². The summed E-state index contributed by atoms with van der Waals surface area (Å²) >= 11 is 0. The van der Waals surface area contributed by atoms with Crippen molar-refractivity contribution in [1.82, 2.24) is 4.90 Å². The van der Waals surface area contributed by atoms with Crippen molar-refractivity contribution in [3.05, 3.63) is 90.0 Å². The molecular weight excluding hydrogens is 405 g/mol. The average molecular weight is 442 g/mol. The van der Waals surface area contributed by atoms with Gasteiger partial charge >= 0.3 is 7.60 Å². The van der Waals surface area contributed by atoms with Gasteiger partial charge in [0.1, 0.15) is 5.78 Å². The van der Waals surface area contributed by atoms with Crippen LogP contribution in [0.4, 0.5) is 0 Å². The molecule has 1 atom stereocenters. The van der Waals surface area contributed by atoms with Crippen molar-refractivity contribution in [3.8, 4) is 0 Å². The molecule has 0 aromatic heterocycles. The SMILES string of the molecule is C=CCN(Cc1ccccc1)C(/C(=C/c1ccccc1)CCC(C)C)P(=O)(OC)OC. The molecule has 2 aromatic rings. The molecule has 0 aliphatic heterocycles. The second-order valence-electron chi connectivity index (χ2n) is 8.04. The highest BCUT2D eigenvalue weighted by molar-refractivity contribution is 7.54. The van der Waals surface area contributed by atoms with Crippen molar-refractivity contribution in [1.29, 1.82) is 0 Å². The van der Waals surface area contributed by atoms with Crippen molar-refractivity contribution in [2.24, 2.45) is 5.92 Å². The van der Waals surface area contributed by atoms with Crippen molar-refractivity contribution >= 4 is 13.7 Å². The van der Waals surface area contributed by atoms with E-state index < -0.39 is 13.4 Å².